The quantitative estimate of drug-likeness (QED) is 0.648. The number of hydrogen-bond acceptors (Lipinski definition) is 6. The second-order valence-corrected chi connectivity index (χ2v) is 7.02. The number of ether oxygens (including phenoxy) is 2. The molecule has 0 bridgehead atoms. The van der Waals surface area contributed by atoms with E-state index in [1.165, 1.54) is 17.5 Å². The third-order valence-corrected chi connectivity index (χ3v) is 4.39. The minimum atomic E-state index is -0.339. The molecule has 0 atom stereocenters. The highest BCUT2D eigenvalue weighted by Crippen LogP contribution is 2.21. The average molecular weight is 414 g/mol. The van der Waals surface area contributed by atoms with Crippen molar-refractivity contribution < 1.29 is 19.1 Å². The first-order valence-corrected chi connectivity index (χ1v) is 8.60. The summed E-state index contributed by atoms with van der Waals surface area (Å²) in [4.78, 5) is 28.3. The lowest BCUT2D eigenvalue weighted by atomic mass is 10.4. The maximum absolute atomic E-state index is 11.8. The summed E-state index contributed by atoms with van der Waals surface area (Å²) in [7, 11) is 1.59. The molecule has 0 aliphatic rings. The van der Waals surface area contributed by atoms with Crippen LogP contribution < -0.4 is 15.4 Å². The summed E-state index contributed by atoms with van der Waals surface area (Å²) in [5.41, 5.74) is 0.521. The Labute approximate surface area is 151 Å². The molecule has 2 aromatic rings. The first-order chi connectivity index (χ1) is 11.6. The van der Waals surface area contributed by atoms with Crippen molar-refractivity contribution in [2.45, 2.75) is 0 Å². The SMILES string of the molecule is COCCOc1ccc(NC(=O)CNC(=O)c2ccc(Br)s2)cn1. The number of carbonyl (C=O) groups excluding carboxylic acids is 2. The van der Waals surface area contributed by atoms with Gasteiger partial charge in [0.2, 0.25) is 11.8 Å². The Bertz CT molecular complexity index is 690. The fraction of sp³-hybridized carbons (Fsp3) is 0.267. The highest BCUT2D eigenvalue weighted by Gasteiger charge is 2.10. The van der Waals surface area contributed by atoms with Crippen LogP contribution in [0.3, 0.4) is 0 Å². The van der Waals surface area contributed by atoms with Crippen LogP contribution in [0.5, 0.6) is 5.88 Å². The second kappa shape index (κ2) is 9.36. The molecule has 2 amide bonds. The van der Waals surface area contributed by atoms with Crippen molar-refractivity contribution >= 4 is 44.8 Å². The van der Waals surface area contributed by atoms with Crippen LogP contribution in [0.1, 0.15) is 9.67 Å². The third-order valence-electron chi connectivity index (χ3n) is 2.76. The fourth-order valence-electron chi connectivity index (χ4n) is 1.66. The first-order valence-electron chi connectivity index (χ1n) is 6.99. The average Bonchev–Trinajstić information content (AvgIpc) is 3.01. The number of nitrogens with zero attached hydrogens (tertiary/aromatic N) is 1. The smallest absolute Gasteiger partial charge is 0.261 e. The highest BCUT2D eigenvalue weighted by molar-refractivity contribution is 9.11. The lowest BCUT2D eigenvalue weighted by Gasteiger charge is -2.07. The molecule has 7 nitrogen and oxygen atoms in total. The Kier molecular flexibility index (Phi) is 7.16. The van der Waals surface area contributed by atoms with Crippen LogP contribution in [0.15, 0.2) is 34.2 Å². The lowest BCUT2D eigenvalue weighted by Crippen LogP contribution is -2.32. The summed E-state index contributed by atoms with van der Waals surface area (Å²) in [5.74, 6) is -0.184. The molecule has 0 fully saturated rings. The van der Waals surface area contributed by atoms with E-state index in [4.69, 9.17) is 9.47 Å². The minimum absolute atomic E-state index is 0.125. The molecular weight excluding hydrogens is 398 g/mol. The van der Waals surface area contributed by atoms with Gasteiger partial charge in [-0.3, -0.25) is 9.59 Å². The second-order valence-electron chi connectivity index (χ2n) is 4.56. The normalized spacial score (nSPS) is 10.2. The van der Waals surface area contributed by atoms with Gasteiger partial charge in [-0.25, -0.2) is 4.98 Å². The molecule has 2 N–H and O–H groups in total. The molecule has 0 aliphatic carbocycles. The summed E-state index contributed by atoms with van der Waals surface area (Å²) in [6, 6.07) is 6.79. The number of methoxy groups -OCH3 is 1. The monoisotopic (exact) mass is 413 g/mol. The van der Waals surface area contributed by atoms with E-state index in [2.05, 4.69) is 31.5 Å². The zero-order chi connectivity index (χ0) is 17.4. The Morgan fingerprint density at radius 3 is 2.71 bits per heavy atom. The Hall–Kier alpha value is -1.97. The lowest BCUT2D eigenvalue weighted by molar-refractivity contribution is -0.115. The largest absolute Gasteiger partial charge is 0.475 e. The molecule has 0 radical (unpaired) electrons. The van der Waals surface area contributed by atoms with E-state index in [1.54, 1.807) is 31.4 Å². The molecule has 0 aromatic carbocycles. The van der Waals surface area contributed by atoms with Gasteiger partial charge in [0.05, 0.1) is 33.7 Å². The number of carbonyl (C=O) groups is 2. The number of nitrogens with one attached hydrogen (secondary N) is 2. The van der Waals surface area contributed by atoms with Crippen molar-refractivity contribution in [3.05, 3.63) is 39.1 Å². The van der Waals surface area contributed by atoms with Crippen molar-refractivity contribution in [3.63, 3.8) is 0 Å². The molecule has 2 heterocycles. The van der Waals surface area contributed by atoms with Crippen LogP contribution >= 0.6 is 27.3 Å². The fourth-order valence-corrected chi connectivity index (χ4v) is 2.96. The number of thiophene rings is 1. The van der Waals surface area contributed by atoms with Crippen LogP contribution in [0.25, 0.3) is 0 Å². The van der Waals surface area contributed by atoms with Gasteiger partial charge in [0, 0.05) is 13.2 Å². The van der Waals surface area contributed by atoms with Gasteiger partial charge in [0.25, 0.3) is 5.91 Å². The Balaban J connectivity index is 1.76. The predicted octanol–water partition coefficient (Wildman–Crippen LogP) is 2.30. The Morgan fingerprint density at radius 2 is 2.08 bits per heavy atom. The molecule has 0 unspecified atom stereocenters. The number of rotatable bonds is 8. The Morgan fingerprint density at radius 1 is 1.25 bits per heavy atom. The summed E-state index contributed by atoms with van der Waals surface area (Å²) in [6.07, 6.45) is 1.48. The van der Waals surface area contributed by atoms with Gasteiger partial charge < -0.3 is 20.1 Å². The highest BCUT2D eigenvalue weighted by atomic mass is 79.9. The van der Waals surface area contributed by atoms with Gasteiger partial charge in [-0.2, -0.15) is 0 Å². The van der Waals surface area contributed by atoms with E-state index < -0.39 is 0 Å². The number of halogens is 1. The van der Waals surface area contributed by atoms with Gasteiger partial charge in [-0.15, -0.1) is 11.3 Å². The molecule has 9 heteroatoms. The number of amides is 2. The molecule has 128 valence electrons. The van der Waals surface area contributed by atoms with Crippen molar-refractivity contribution in [2.24, 2.45) is 0 Å². The van der Waals surface area contributed by atoms with Crippen molar-refractivity contribution in [1.29, 1.82) is 0 Å². The maximum Gasteiger partial charge on any atom is 0.261 e. The van der Waals surface area contributed by atoms with Gasteiger partial charge in [-0.1, -0.05) is 0 Å². The van der Waals surface area contributed by atoms with Gasteiger partial charge in [0.1, 0.15) is 6.61 Å². The summed E-state index contributed by atoms with van der Waals surface area (Å²) >= 11 is 4.59. The number of anilines is 1. The molecule has 0 saturated carbocycles. The molecule has 0 spiro atoms. The van der Waals surface area contributed by atoms with Crippen LogP contribution in [0, 0.1) is 0 Å². The van der Waals surface area contributed by atoms with Crippen LogP contribution in [0.4, 0.5) is 5.69 Å². The molecule has 0 aliphatic heterocycles. The summed E-state index contributed by atoms with van der Waals surface area (Å²) in [6.45, 7) is 0.751. The zero-order valence-corrected chi connectivity index (χ0v) is 15.3. The molecule has 24 heavy (non-hydrogen) atoms. The van der Waals surface area contributed by atoms with Crippen molar-refractivity contribution in [3.8, 4) is 5.88 Å². The predicted molar refractivity (Wildman–Crippen MR) is 94.6 cm³/mol. The molecule has 2 rings (SSSR count). The van der Waals surface area contributed by atoms with E-state index in [9.17, 15) is 9.59 Å². The van der Waals surface area contributed by atoms with Gasteiger partial charge >= 0.3 is 0 Å². The third kappa shape index (κ3) is 5.91. The maximum atomic E-state index is 11.8. The minimum Gasteiger partial charge on any atom is -0.475 e. The van der Waals surface area contributed by atoms with Crippen LogP contribution in [0.2, 0.25) is 0 Å². The van der Waals surface area contributed by atoms with Gasteiger partial charge in [-0.05, 0) is 34.1 Å². The van der Waals surface area contributed by atoms with Crippen LogP contribution in [-0.4, -0.2) is 43.7 Å². The van der Waals surface area contributed by atoms with E-state index in [0.29, 0.717) is 29.7 Å². The standard InChI is InChI=1S/C15H16BrN3O4S/c1-22-6-7-23-14-5-2-10(8-17-14)19-13(20)9-18-15(21)11-3-4-12(16)24-11/h2-5,8H,6-7,9H2,1H3,(H,18,21)(H,19,20). The molecule has 2 aromatic heterocycles. The number of aromatic nitrogens is 1. The first kappa shape index (κ1) is 18.4. The topological polar surface area (TPSA) is 89.5 Å². The van der Waals surface area contributed by atoms with E-state index in [-0.39, 0.29) is 18.4 Å². The molecular formula is C15H16BrN3O4S. The van der Waals surface area contributed by atoms with Gasteiger partial charge in [0.15, 0.2) is 0 Å². The van der Waals surface area contributed by atoms with Crippen molar-refractivity contribution in [1.82, 2.24) is 10.3 Å². The van der Waals surface area contributed by atoms with E-state index in [1.807, 2.05) is 0 Å². The van der Waals surface area contributed by atoms with E-state index in [0.717, 1.165) is 3.79 Å². The van der Waals surface area contributed by atoms with Crippen molar-refractivity contribution in [2.75, 3.05) is 32.2 Å². The molecule has 0 saturated heterocycles. The number of pyridine rings is 1. The zero-order valence-electron chi connectivity index (χ0n) is 12.9. The van der Waals surface area contributed by atoms with Crippen LogP contribution in [-0.2, 0) is 9.53 Å². The summed E-state index contributed by atoms with van der Waals surface area (Å²) in [5, 5.41) is 5.20. The summed E-state index contributed by atoms with van der Waals surface area (Å²) < 4.78 is 11.1. The van der Waals surface area contributed by atoms with E-state index >= 15 is 0 Å². The number of hydrogen-bond donors (Lipinski definition) is 2.